The molecule has 1 heterocycles. The fraction of sp³-hybridized carbons (Fsp3) is 1.00. The SMILES string of the molecule is CCC(CCl)NCC1CN(CC)CCO1. The molecule has 0 aromatic rings. The average molecular weight is 235 g/mol. The zero-order valence-electron chi connectivity index (χ0n) is 9.84. The van der Waals surface area contributed by atoms with Crippen LogP contribution in [0, 0.1) is 0 Å². The van der Waals surface area contributed by atoms with Crippen molar-refractivity contribution in [1.29, 1.82) is 0 Å². The molecule has 0 aromatic heterocycles. The minimum atomic E-state index is 0.330. The van der Waals surface area contributed by atoms with E-state index >= 15 is 0 Å². The van der Waals surface area contributed by atoms with E-state index in [0.29, 0.717) is 18.0 Å². The maximum atomic E-state index is 5.83. The second kappa shape index (κ2) is 7.44. The van der Waals surface area contributed by atoms with Crippen LogP contribution in [0.4, 0.5) is 0 Å². The smallest absolute Gasteiger partial charge is 0.0826 e. The Bertz CT molecular complexity index is 165. The fourth-order valence-electron chi connectivity index (χ4n) is 1.80. The van der Waals surface area contributed by atoms with Gasteiger partial charge in [-0.05, 0) is 13.0 Å². The van der Waals surface area contributed by atoms with Gasteiger partial charge in [0.1, 0.15) is 0 Å². The number of rotatable bonds is 6. The molecule has 0 radical (unpaired) electrons. The second-order valence-electron chi connectivity index (χ2n) is 4.05. The average Bonchev–Trinajstić information content (AvgIpc) is 2.31. The number of likely N-dealkylation sites (N-methyl/N-ethyl adjacent to an activating group) is 1. The van der Waals surface area contributed by atoms with E-state index in [0.717, 1.165) is 39.2 Å². The summed E-state index contributed by atoms with van der Waals surface area (Å²) in [6.45, 7) is 9.36. The number of ether oxygens (including phenoxy) is 1. The number of alkyl halides is 1. The van der Waals surface area contributed by atoms with Crippen LogP contribution in [0.3, 0.4) is 0 Å². The van der Waals surface area contributed by atoms with Gasteiger partial charge in [0, 0.05) is 31.6 Å². The molecule has 0 spiro atoms. The molecule has 1 saturated heterocycles. The van der Waals surface area contributed by atoms with Crippen LogP contribution >= 0.6 is 11.6 Å². The second-order valence-corrected chi connectivity index (χ2v) is 4.36. The molecule has 2 atom stereocenters. The normalized spacial score (nSPS) is 25.4. The van der Waals surface area contributed by atoms with Crippen LogP contribution in [0.15, 0.2) is 0 Å². The van der Waals surface area contributed by atoms with E-state index in [1.807, 2.05) is 0 Å². The molecule has 0 aromatic carbocycles. The zero-order chi connectivity index (χ0) is 11.1. The quantitative estimate of drug-likeness (QED) is 0.702. The van der Waals surface area contributed by atoms with Crippen LogP contribution in [0.1, 0.15) is 20.3 Å². The summed E-state index contributed by atoms with van der Waals surface area (Å²) >= 11 is 5.83. The molecule has 0 aliphatic carbocycles. The van der Waals surface area contributed by atoms with Crippen LogP contribution < -0.4 is 5.32 Å². The zero-order valence-corrected chi connectivity index (χ0v) is 10.6. The summed E-state index contributed by atoms with van der Waals surface area (Å²) in [5, 5.41) is 3.45. The van der Waals surface area contributed by atoms with Crippen LogP contribution in [0.25, 0.3) is 0 Å². The molecular formula is C11H23ClN2O. The monoisotopic (exact) mass is 234 g/mol. The van der Waals surface area contributed by atoms with E-state index < -0.39 is 0 Å². The van der Waals surface area contributed by atoms with Crippen LogP contribution in [-0.4, -0.2) is 55.7 Å². The van der Waals surface area contributed by atoms with Crippen LogP contribution in [0.2, 0.25) is 0 Å². The van der Waals surface area contributed by atoms with E-state index in [1.165, 1.54) is 0 Å². The first-order chi connectivity index (χ1) is 7.30. The van der Waals surface area contributed by atoms with Gasteiger partial charge in [-0.15, -0.1) is 11.6 Å². The maximum Gasteiger partial charge on any atom is 0.0826 e. The first kappa shape index (κ1) is 13.2. The predicted molar refractivity (Wildman–Crippen MR) is 64.7 cm³/mol. The van der Waals surface area contributed by atoms with Crippen molar-refractivity contribution in [2.45, 2.75) is 32.4 Å². The third-order valence-electron chi connectivity index (χ3n) is 2.98. The largest absolute Gasteiger partial charge is 0.374 e. The Morgan fingerprint density at radius 3 is 2.93 bits per heavy atom. The molecule has 1 aliphatic rings. The fourth-order valence-corrected chi connectivity index (χ4v) is 2.12. The highest BCUT2D eigenvalue weighted by atomic mass is 35.5. The minimum Gasteiger partial charge on any atom is -0.374 e. The molecule has 2 unspecified atom stereocenters. The van der Waals surface area contributed by atoms with Gasteiger partial charge in [-0.3, -0.25) is 4.90 Å². The Kier molecular flexibility index (Phi) is 6.57. The number of nitrogens with one attached hydrogen (secondary N) is 1. The molecule has 1 N–H and O–H groups in total. The van der Waals surface area contributed by atoms with E-state index in [2.05, 4.69) is 24.1 Å². The standard InChI is InChI=1S/C11H23ClN2O/c1-3-10(7-12)13-8-11-9-14(4-2)5-6-15-11/h10-11,13H,3-9H2,1-2H3. The van der Waals surface area contributed by atoms with Crippen molar-refractivity contribution < 1.29 is 4.74 Å². The van der Waals surface area contributed by atoms with Gasteiger partial charge in [-0.1, -0.05) is 13.8 Å². The van der Waals surface area contributed by atoms with Gasteiger partial charge in [0.25, 0.3) is 0 Å². The lowest BCUT2D eigenvalue weighted by molar-refractivity contribution is -0.0261. The molecule has 1 fully saturated rings. The van der Waals surface area contributed by atoms with Crippen molar-refractivity contribution in [2.24, 2.45) is 0 Å². The predicted octanol–water partition coefficient (Wildman–Crippen LogP) is 1.31. The summed E-state index contributed by atoms with van der Waals surface area (Å²) in [5.41, 5.74) is 0. The number of nitrogens with zero attached hydrogens (tertiary/aromatic N) is 1. The van der Waals surface area contributed by atoms with Gasteiger partial charge in [-0.25, -0.2) is 0 Å². The number of hydrogen-bond donors (Lipinski definition) is 1. The Morgan fingerprint density at radius 2 is 2.33 bits per heavy atom. The van der Waals surface area contributed by atoms with Crippen molar-refractivity contribution in [3.63, 3.8) is 0 Å². The van der Waals surface area contributed by atoms with Crippen molar-refractivity contribution >= 4 is 11.6 Å². The highest BCUT2D eigenvalue weighted by molar-refractivity contribution is 6.18. The molecule has 0 bridgehead atoms. The van der Waals surface area contributed by atoms with Crippen LogP contribution in [0.5, 0.6) is 0 Å². The third-order valence-corrected chi connectivity index (χ3v) is 3.36. The highest BCUT2D eigenvalue weighted by Crippen LogP contribution is 2.04. The van der Waals surface area contributed by atoms with E-state index in [4.69, 9.17) is 16.3 Å². The van der Waals surface area contributed by atoms with E-state index in [9.17, 15) is 0 Å². The molecular weight excluding hydrogens is 212 g/mol. The number of morpholine rings is 1. The first-order valence-corrected chi connectivity index (χ1v) is 6.46. The van der Waals surface area contributed by atoms with Crippen LogP contribution in [-0.2, 0) is 4.74 Å². The Labute approximate surface area is 98.1 Å². The van der Waals surface area contributed by atoms with Gasteiger partial charge in [-0.2, -0.15) is 0 Å². The minimum absolute atomic E-state index is 0.330. The first-order valence-electron chi connectivity index (χ1n) is 5.93. The van der Waals surface area contributed by atoms with Gasteiger partial charge in [0.2, 0.25) is 0 Å². The van der Waals surface area contributed by atoms with Crippen molar-refractivity contribution in [2.75, 3.05) is 38.7 Å². The van der Waals surface area contributed by atoms with Gasteiger partial charge in [0.05, 0.1) is 12.7 Å². The molecule has 0 amide bonds. The summed E-state index contributed by atoms with van der Waals surface area (Å²) in [6, 6.07) is 0.423. The highest BCUT2D eigenvalue weighted by Gasteiger charge is 2.19. The molecule has 3 nitrogen and oxygen atoms in total. The van der Waals surface area contributed by atoms with E-state index in [-0.39, 0.29) is 0 Å². The Morgan fingerprint density at radius 1 is 1.53 bits per heavy atom. The van der Waals surface area contributed by atoms with Gasteiger partial charge >= 0.3 is 0 Å². The van der Waals surface area contributed by atoms with Gasteiger partial charge in [0.15, 0.2) is 0 Å². The third kappa shape index (κ3) is 4.68. The molecule has 1 aliphatic heterocycles. The summed E-state index contributed by atoms with van der Waals surface area (Å²) in [4.78, 5) is 2.43. The summed E-state index contributed by atoms with van der Waals surface area (Å²) in [5.74, 6) is 0.681. The summed E-state index contributed by atoms with van der Waals surface area (Å²) < 4.78 is 5.70. The van der Waals surface area contributed by atoms with E-state index in [1.54, 1.807) is 0 Å². The maximum absolute atomic E-state index is 5.83. The number of hydrogen-bond acceptors (Lipinski definition) is 3. The lowest BCUT2D eigenvalue weighted by atomic mass is 10.2. The summed E-state index contributed by atoms with van der Waals surface area (Å²) in [7, 11) is 0. The molecule has 0 saturated carbocycles. The summed E-state index contributed by atoms with van der Waals surface area (Å²) in [6.07, 6.45) is 1.41. The molecule has 1 rings (SSSR count). The topological polar surface area (TPSA) is 24.5 Å². The molecule has 4 heteroatoms. The van der Waals surface area contributed by atoms with Crippen molar-refractivity contribution in [3.8, 4) is 0 Å². The molecule has 15 heavy (non-hydrogen) atoms. The number of halogens is 1. The van der Waals surface area contributed by atoms with Gasteiger partial charge < -0.3 is 10.1 Å². The lowest BCUT2D eigenvalue weighted by Gasteiger charge is -2.32. The Hall–Kier alpha value is 0.170. The van der Waals surface area contributed by atoms with Crippen molar-refractivity contribution in [3.05, 3.63) is 0 Å². The van der Waals surface area contributed by atoms with Crippen molar-refractivity contribution in [1.82, 2.24) is 10.2 Å². The lowest BCUT2D eigenvalue weighted by Crippen LogP contribution is -2.48. The molecule has 90 valence electrons. The Balaban J connectivity index is 2.20.